The van der Waals surface area contributed by atoms with Gasteiger partial charge in [0.2, 0.25) is 5.75 Å². The highest BCUT2D eigenvalue weighted by atomic mass is 19.4. The molecule has 0 unspecified atom stereocenters. The first-order valence-electron chi connectivity index (χ1n) is 9.08. The van der Waals surface area contributed by atoms with Gasteiger partial charge in [0.05, 0.1) is 10.5 Å². The highest BCUT2D eigenvalue weighted by Crippen LogP contribution is 2.38. The van der Waals surface area contributed by atoms with Gasteiger partial charge in [0.15, 0.2) is 0 Å². The normalized spacial score (nSPS) is 11.2. The van der Waals surface area contributed by atoms with Gasteiger partial charge < -0.3 is 10.1 Å². The number of nitro benzene ring substituents is 1. The Balaban J connectivity index is 1.88. The van der Waals surface area contributed by atoms with Crippen LogP contribution in [0.4, 0.5) is 24.5 Å². The minimum Gasteiger partial charge on any atom is -0.450 e. The van der Waals surface area contributed by atoms with Crippen molar-refractivity contribution in [2.75, 3.05) is 5.32 Å². The molecule has 0 saturated carbocycles. The van der Waals surface area contributed by atoms with Crippen molar-refractivity contribution in [3.63, 3.8) is 0 Å². The molecule has 0 fully saturated rings. The number of halogens is 3. The van der Waals surface area contributed by atoms with E-state index in [1.807, 2.05) is 32.0 Å². The molecule has 0 saturated heterocycles. The molecular weight excluding hydrogens is 397 g/mol. The van der Waals surface area contributed by atoms with Gasteiger partial charge in [-0.15, -0.1) is 0 Å². The molecule has 0 aromatic heterocycles. The van der Waals surface area contributed by atoms with Crippen LogP contribution in [0.1, 0.15) is 22.3 Å². The summed E-state index contributed by atoms with van der Waals surface area (Å²) >= 11 is 0. The zero-order valence-corrected chi connectivity index (χ0v) is 16.3. The Morgan fingerprint density at radius 1 is 1.00 bits per heavy atom. The van der Waals surface area contributed by atoms with E-state index in [9.17, 15) is 23.3 Å². The molecule has 30 heavy (non-hydrogen) atoms. The Hall–Kier alpha value is -3.55. The van der Waals surface area contributed by atoms with Gasteiger partial charge in [0.1, 0.15) is 5.75 Å². The quantitative estimate of drug-likeness (QED) is 0.362. The minimum absolute atomic E-state index is 0.257. The van der Waals surface area contributed by atoms with E-state index < -0.39 is 22.4 Å². The van der Waals surface area contributed by atoms with Crippen molar-refractivity contribution in [3.05, 3.63) is 93.0 Å². The molecule has 0 aliphatic carbocycles. The summed E-state index contributed by atoms with van der Waals surface area (Å²) in [4.78, 5) is 10.4. The van der Waals surface area contributed by atoms with Crippen molar-refractivity contribution >= 4 is 11.4 Å². The fourth-order valence-corrected chi connectivity index (χ4v) is 2.92. The van der Waals surface area contributed by atoms with E-state index in [0.29, 0.717) is 23.9 Å². The maximum atomic E-state index is 12.9. The number of rotatable bonds is 6. The maximum Gasteiger partial charge on any atom is 0.416 e. The molecule has 0 amide bonds. The minimum atomic E-state index is -4.68. The Morgan fingerprint density at radius 2 is 1.73 bits per heavy atom. The molecule has 0 radical (unpaired) electrons. The van der Waals surface area contributed by atoms with Crippen molar-refractivity contribution in [1.29, 1.82) is 0 Å². The first-order valence-corrected chi connectivity index (χ1v) is 9.08. The molecule has 3 aromatic carbocycles. The van der Waals surface area contributed by atoms with Gasteiger partial charge in [0, 0.05) is 23.9 Å². The molecule has 3 rings (SSSR count). The molecule has 0 spiro atoms. The number of ether oxygens (including phenoxy) is 1. The van der Waals surface area contributed by atoms with Gasteiger partial charge in [0.25, 0.3) is 0 Å². The fourth-order valence-electron chi connectivity index (χ4n) is 2.92. The zero-order chi connectivity index (χ0) is 21.9. The van der Waals surface area contributed by atoms with Crippen LogP contribution in [0.2, 0.25) is 0 Å². The van der Waals surface area contributed by atoms with Gasteiger partial charge in [-0.1, -0.05) is 30.3 Å². The largest absolute Gasteiger partial charge is 0.450 e. The third kappa shape index (κ3) is 4.71. The van der Waals surface area contributed by atoms with Crippen LogP contribution in [0.3, 0.4) is 0 Å². The standard InChI is InChI=1S/C22H19F3N2O3/c1-14-6-5-8-18(15(14)2)26-13-16-7-3-4-9-20(16)30-21-11-10-17(22(23,24)25)12-19(21)27(28)29/h3-12,26H,13H2,1-2H3. The van der Waals surface area contributed by atoms with Crippen molar-refractivity contribution in [3.8, 4) is 11.5 Å². The summed E-state index contributed by atoms with van der Waals surface area (Å²) in [6.45, 7) is 4.36. The maximum absolute atomic E-state index is 12.9. The van der Waals surface area contributed by atoms with Crippen LogP contribution >= 0.6 is 0 Å². The summed E-state index contributed by atoms with van der Waals surface area (Å²) in [7, 11) is 0. The van der Waals surface area contributed by atoms with E-state index in [4.69, 9.17) is 4.74 Å². The van der Waals surface area contributed by atoms with Crippen molar-refractivity contribution in [1.82, 2.24) is 0 Å². The molecule has 0 heterocycles. The monoisotopic (exact) mass is 416 g/mol. The molecule has 3 aromatic rings. The molecule has 1 N–H and O–H groups in total. The second-order valence-electron chi connectivity index (χ2n) is 6.75. The molecule has 0 atom stereocenters. The van der Waals surface area contributed by atoms with Crippen LogP contribution < -0.4 is 10.1 Å². The predicted octanol–water partition coefficient (Wildman–Crippen LogP) is 6.63. The third-order valence-corrected chi connectivity index (χ3v) is 4.75. The van der Waals surface area contributed by atoms with Crippen LogP contribution in [0.25, 0.3) is 0 Å². The van der Waals surface area contributed by atoms with E-state index in [1.165, 1.54) is 0 Å². The number of nitro groups is 1. The topological polar surface area (TPSA) is 64.4 Å². The summed E-state index contributed by atoms with van der Waals surface area (Å²) in [6.07, 6.45) is -4.68. The number of alkyl halides is 3. The molecule has 0 aliphatic heterocycles. The van der Waals surface area contributed by atoms with Crippen LogP contribution in [0, 0.1) is 24.0 Å². The molecule has 5 nitrogen and oxygen atoms in total. The van der Waals surface area contributed by atoms with Crippen LogP contribution in [0.15, 0.2) is 60.7 Å². The lowest BCUT2D eigenvalue weighted by molar-refractivity contribution is -0.385. The number of benzene rings is 3. The first kappa shape index (κ1) is 21.2. The van der Waals surface area contributed by atoms with Crippen LogP contribution in [-0.2, 0) is 12.7 Å². The summed E-state index contributed by atoms with van der Waals surface area (Å²) in [5.41, 5.74) is 2.01. The van der Waals surface area contributed by atoms with E-state index in [1.54, 1.807) is 24.3 Å². The van der Waals surface area contributed by atoms with E-state index in [-0.39, 0.29) is 5.75 Å². The van der Waals surface area contributed by atoms with Crippen molar-refractivity contribution in [2.45, 2.75) is 26.6 Å². The number of hydrogen-bond donors (Lipinski definition) is 1. The Bertz CT molecular complexity index is 1080. The van der Waals surface area contributed by atoms with Gasteiger partial charge in [-0.3, -0.25) is 10.1 Å². The summed E-state index contributed by atoms with van der Waals surface area (Å²) in [6, 6.07) is 14.9. The lowest BCUT2D eigenvalue weighted by Gasteiger charge is -2.15. The van der Waals surface area contributed by atoms with Crippen LogP contribution in [0.5, 0.6) is 11.5 Å². The van der Waals surface area contributed by atoms with Crippen molar-refractivity contribution < 1.29 is 22.8 Å². The second kappa shape index (κ2) is 8.44. The number of nitrogens with one attached hydrogen (secondary N) is 1. The summed E-state index contributed by atoms with van der Waals surface area (Å²) in [5, 5.41) is 14.6. The smallest absolute Gasteiger partial charge is 0.416 e. The predicted molar refractivity (Wildman–Crippen MR) is 108 cm³/mol. The van der Waals surface area contributed by atoms with Crippen LogP contribution in [-0.4, -0.2) is 4.92 Å². The number of hydrogen-bond acceptors (Lipinski definition) is 4. The SMILES string of the molecule is Cc1cccc(NCc2ccccc2Oc2ccc(C(F)(F)F)cc2[N+](=O)[O-])c1C. The third-order valence-electron chi connectivity index (χ3n) is 4.75. The van der Waals surface area contributed by atoms with Crippen molar-refractivity contribution in [2.24, 2.45) is 0 Å². The molecule has 156 valence electrons. The second-order valence-corrected chi connectivity index (χ2v) is 6.75. The van der Waals surface area contributed by atoms with E-state index in [0.717, 1.165) is 28.9 Å². The number of anilines is 1. The van der Waals surface area contributed by atoms with Gasteiger partial charge >= 0.3 is 11.9 Å². The Kier molecular flexibility index (Phi) is 5.96. The lowest BCUT2D eigenvalue weighted by Crippen LogP contribution is -2.06. The average molecular weight is 416 g/mol. The van der Waals surface area contributed by atoms with Gasteiger partial charge in [-0.25, -0.2) is 0 Å². The highest BCUT2D eigenvalue weighted by molar-refractivity contribution is 5.55. The summed E-state index contributed by atoms with van der Waals surface area (Å²) < 4.78 is 44.4. The first-order chi connectivity index (χ1) is 14.2. The highest BCUT2D eigenvalue weighted by Gasteiger charge is 2.33. The molecule has 0 aliphatic rings. The molecule has 0 bridgehead atoms. The van der Waals surface area contributed by atoms with Gasteiger partial charge in [-0.2, -0.15) is 13.2 Å². The van der Waals surface area contributed by atoms with Gasteiger partial charge in [-0.05, 0) is 49.2 Å². The molecular formula is C22H19F3N2O3. The van der Waals surface area contributed by atoms with E-state index in [2.05, 4.69) is 5.32 Å². The number of para-hydroxylation sites is 1. The summed E-state index contributed by atoms with van der Waals surface area (Å²) in [5.74, 6) is 0.0605. The Morgan fingerprint density at radius 3 is 2.43 bits per heavy atom. The fraction of sp³-hybridized carbons (Fsp3) is 0.182. The lowest BCUT2D eigenvalue weighted by atomic mass is 10.1. The average Bonchev–Trinajstić information content (AvgIpc) is 2.69. The Labute approximate surface area is 171 Å². The zero-order valence-electron chi connectivity index (χ0n) is 16.3. The number of aryl methyl sites for hydroxylation is 1. The van der Waals surface area contributed by atoms with E-state index >= 15 is 0 Å². The number of nitrogens with zero attached hydrogens (tertiary/aromatic N) is 1. The molecule has 8 heteroatoms.